The summed E-state index contributed by atoms with van der Waals surface area (Å²) < 4.78 is 0. The van der Waals surface area contributed by atoms with Crippen LogP contribution >= 0.6 is 0 Å². The maximum atomic E-state index is 12.6. The summed E-state index contributed by atoms with van der Waals surface area (Å²) in [6.07, 6.45) is 5.66. The average molecular weight is 341 g/mol. The third-order valence-electron chi connectivity index (χ3n) is 6.77. The van der Waals surface area contributed by atoms with E-state index in [-0.39, 0.29) is 5.92 Å². The second-order valence-corrected chi connectivity index (χ2v) is 8.17. The van der Waals surface area contributed by atoms with Crippen molar-refractivity contribution in [2.75, 3.05) is 26.2 Å². The van der Waals surface area contributed by atoms with Gasteiger partial charge in [0.15, 0.2) is 0 Å². The SMILES string of the molecule is CCC(CNC(=O)C1CC12CCNCC2)N1CCc2ccccc2C1. The first kappa shape index (κ1) is 17.0. The number of nitrogens with one attached hydrogen (secondary N) is 2. The van der Waals surface area contributed by atoms with Gasteiger partial charge in [0.25, 0.3) is 0 Å². The maximum absolute atomic E-state index is 12.6. The minimum atomic E-state index is 0.272. The molecule has 0 bridgehead atoms. The Morgan fingerprint density at radius 3 is 2.84 bits per heavy atom. The fourth-order valence-electron chi connectivity index (χ4n) is 4.90. The first-order valence-corrected chi connectivity index (χ1v) is 10.0. The van der Waals surface area contributed by atoms with Gasteiger partial charge in [0.1, 0.15) is 0 Å². The molecule has 25 heavy (non-hydrogen) atoms. The fraction of sp³-hybridized carbons (Fsp3) is 0.667. The molecular formula is C21H31N3O. The van der Waals surface area contributed by atoms with Crippen LogP contribution in [0.4, 0.5) is 0 Å². The molecule has 2 atom stereocenters. The molecule has 2 heterocycles. The van der Waals surface area contributed by atoms with E-state index in [0.717, 1.165) is 52.0 Å². The molecule has 2 fully saturated rings. The van der Waals surface area contributed by atoms with Gasteiger partial charge in [-0.1, -0.05) is 31.2 Å². The van der Waals surface area contributed by atoms with Crippen molar-refractivity contribution >= 4 is 5.91 Å². The molecule has 1 aromatic carbocycles. The second-order valence-electron chi connectivity index (χ2n) is 8.17. The van der Waals surface area contributed by atoms with Crippen molar-refractivity contribution in [1.29, 1.82) is 0 Å². The Hall–Kier alpha value is -1.39. The van der Waals surface area contributed by atoms with E-state index >= 15 is 0 Å². The summed E-state index contributed by atoms with van der Waals surface area (Å²) in [5.74, 6) is 0.576. The zero-order chi connectivity index (χ0) is 17.3. The lowest BCUT2D eigenvalue weighted by Crippen LogP contribution is -2.46. The number of nitrogens with zero attached hydrogens (tertiary/aromatic N) is 1. The number of fused-ring (bicyclic) bond motifs is 1. The van der Waals surface area contributed by atoms with Gasteiger partial charge in [0.05, 0.1) is 0 Å². The number of hydrogen-bond donors (Lipinski definition) is 2. The van der Waals surface area contributed by atoms with Gasteiger partial charge in [-0.15, -0.1) is 0 Å². The Morgan fingerprint density at radius 2 is 2.08 bits per heavy atom. The Kier molecular flexibility index (Phi) is 4.83. The number of hydrogen-bond acceptors (Lipinski definition) is 3. The minimum absolute atomic E-state index is 0.272. The highest BCUT2D eigenvalue weighted by Gasteiger charge is 2.57. The lowest BCUT2D eigenvalue weighted by atomic mass is 9.91. The van der Waals surface area contributed by atoms with Crippen molar-refractivity contribution in [2.24, 2.45) is 11.3 Å². The molecule has 0 aromatic heterocycles. The summed E-state index contributed by atoms with van der Waals surface area (Å²) >= 11 is 0. The third-order valence-corrected chi connectivity index (χ3v) is 6.77. The molecule has 2 N–H and O–H groups in total. The normalized spacial score (nSPS) is 26.0. The van der Waals surface area contributed by atoms with Gasteiger partial charge >= 0.3 is 0 Å². The molecule has 1 spiro atoms. The highest BCUT2D eigenvalue weighted by atomic mass is 16.2. The number of benzene rings is 1. The molecular weight excluding hydrogens is 310 g/mol. The lowest BCUT2D eigenvalue weighted by Gasteiger charge is -2.35. The molecule has 1 amide bonds. The quantitative estimate of drug-likeness (QED) is 0.864. The maximum Gasteiger partial charge on any atom is 0.223 e. The van der Waals surface area contributed by atoms with Crippen molar-refractivity contribution in [1.82, 2.24) is 15.5 Å². The van der Waals surface area contributed by atoms with Gasteiger partial charge < -0.3 is 10.6 Å². The van der Waals surface area contributed by atoms with Crippen molar-refractivity contribution in [3.05, 3.63) is 35.4 Å². The van der Waals surface area contributed by atoms with Crippen molar-refractivity contribution < 1.29 is 4.79 Å². The smallest absolute Gasteiger partial charge is 0.223 e. The van der Waals surface area contributed by atoms with Crippen LogP contribution in [-0.2, 0) is 17.8 Å². The Bertz CT molecular complexity index is 623. The number of carbonyl (C=O) groups excluding carboxylic acids is 1. The zero-order valence-corrected chi connectivity index (χ0v) is 15.4. The monoisotopic (exact) mass is 341 g/mol. The molecule has 3 aliphatic rings. The van der Waals surface area contributed by atoms with E-state index in [4.69, 9.17) is 0 Å². The number of rotatable bonds is 5. The van der Waals surface area contributed by atoms with E-state index in [1.807, 2.05) is 0 Å². The van der Waals surface area contributed by atoms with Crippen LogP contribution in [0.3, 0.4) is 0 Å². The van der Waals surface area contributed by atoms with Crippen LogP contribution in [0.2, 0.25) is 0 Å². The Morgan fingerprint density at radius 1 is 1.32 bits per heavy atom. The molecule has 1 saturated carbocycles. The topological polar surface area (TPSA) is 44.4 Å². The minimum Gasteiger partial charge on any atom is -0.354 e. The zero-order valence-electron chi connectivity index (χ0n) is 15.4. The average Bonchev–Trinajstić information content (AvgIpc) is 3.35. The molecule has 1 aromatic rings. The van der Waals surface area contributed by atoms with Crippen LogP contribution in [-0.4, -0.2) is 43.0 Å². The highest BCUT2D eigenvalue weighted by molar-refractivity contribution is 5.82. The first-order chi connectivity index (χ1) is 12.2. The summed E-state index contributed by atoms with van der Waals surface area (Å²) in [6, 6.07) is 9.22. The lowest BCUT2D eigenvalue weighted by molar-refractivity contribution is -0.123. The standard InChI is InChI=1S/C21H31N3O/c1-2-18(24-12-7-16-5-3-4-6-17(16)15-24)14-23-20(25)19-13-21(19)8-10-22-11-9-21/h3-6,18-19,22H,2,7-15H2,1H3,(H,23,25). The number of amides is 1. The Balaban J connectivity index is 1.30. The summed E-state index contributed by atoms with van der Waals surface area (Å²) in [6.45, 7) is 7.31. The summed E-state index contributed by atoms with van der Waals surface area (Å²) in [7, 11) is 0. The third kappa shape index (κ3) is 3.47. The van der Waals surface area contributed by atoms with Gasteiger partial charge in [-0.25, -0.2) is 0 Å². The van der Waals surface area contributed by atoms with Gasteiger partial charge in [-0.3, -0.25) is 9.69 Å². The second kappa shape index (κ2) is 7.08. The van der Waals surface area contributed by atoms with E-state index in [2.05, 4.69) is 46.7 Å². The van der Waals surface area contributed by atoms with E-state index in [9.17, 15) is 4.79 Å². The van der Waals surface area contributed by atoms with Crippen molar-refractivity contribution in [3.8, 4) is 0 Å². The predicted octanol–water partition coefficient (Wildman–Crippen LogP) is 2.33. The molecule has 1 aliphatic carbocycles. The van der Waals surface area contributed by atoms with E-state index in [1.54, 1.807) is 0 Å². The fourth-order valence-corrected chi connectivity index (χ4v) is 4.90. The molecule has 2 unspecified atom stereocenters. The van der Waals surface area contributed by atoms with Crippen LogP contribution in [0.1, 0.15) is 43.7 Å². The molecule has 2 aliphatic heterocycles. The predicted molar refractivity (Wildman–Crippen MR) is 100 cm³/mol. The molecule has 1 saturated heterocycles. The van der Waals surface area contributed by atoms with Crippen LogP contribution in [0.25, 0.3) is 0 Å². The van der Waals surface area contributed by atoms with Gasteiger partial charge in [-0.2, -0.15) is 0 Å². The summed E-state index contributed by atoms with van der Waals surface area (Å²) in [5, 5.41) is 6.70. The summed E-state index contributed by atoms with van der Waals surface area (Å²) in [4.78, 5) is 15.2. The van der Waals surface area contributed by atoms with Crippen LogP contribution in [0.15, 0.2) is 24.3 Å². The largest absolute Gasteiger partial charge is 0.354 e. The molecule has 4 nitrogen and oxygen atoms in total. The number of carbonyl (C=O) groups is 1. The van der Waals surface area contributed by atoms with Crippen LogP contribution in [0.5, 0.6) is 0 Å². The Labute approximate surface area is 151 Å². The highest BCUT2D eigenvalue weighted by Crippen LogP contribution is 2.58. The molecule has 4 rings (SSSR count). The number of piperidine rings is 1. The van der Waals surface area contributed by atoms with E-state index < -0.39 is 0 Å². The van der Waals surface area contributed by atoms with Crippen LogP contribution < -0.4 is 10.6 Å². The molecule has 0 radical (unpaired) electrons. The summed E-state index contributed by atoms with van der Waals surface area (Å²) in [5.41, 5.74) is 3.28. The van der Waals surface area contributed by atoms with E-state index in [1.165, 1.54) is 24.0 Å². The van der Waals surface area contributed by atoms with Gasteiger partial charge in [0, 0.05) is 31.6 Å². The van der Waals surface area contributed by atoms with Gasteiger partial charge in [-0.05, 0) is 61.7 Å². The first-order valence-electron chi connectivity index (χ1n) is 10.0. The van der Waals surface area contributed by atoms with Gasteiger partial charge in [0.2, 0.25) is 5.91 Å². The van der Waals surface area contributed by atoms with Crippen LogP contribution in [0, 0.1) is 11.3 Å². The molecule has 136 valence electrons. The van der Waals surface area contributed by atoms with Crippen molar-refractivity contribution in [2.45, 2.75) is 51.6 Å². The van der Waals surface area contributed by atoms with E-state index in [0.29, 0.717) is 17.4 Å². The van der Waals surface area contributed by atoms with Crippen molar-refractivity contribution in [3.63, 3.8) is 0 Å². The molecule has 4 heteroatoms.